The molecule has 2 bridgehead atoms. The monoisotopic (exact) mass is 319 g/mol. The number of carbonyl (C=O) groups is 2. The SMILES string of the molecule is C[C@H](NC(=O)COC(=O)c1ccccc1F)[C@@H]1C[C@H]2CC[C@H]1C2. The molecule has 0 unspecified atom stereocenters. The van der Waals surface area contributed by atoms with Crippen LogP contribution in [0.25, 0.3) is 0 Å². The number of nitrogens with one attached hydrogen (secondary N) is 1. The quantitative estimate of drug-likeness (QED) is 0.849. The minimum absolute atomic E-state index is 0.0879. The third-order valence-corrected chi connectivity index (χ3v) is 5.25. The lowest BCUT2D eigenvalue weighted by Crippen LogP contribution is -2.42. The fraction of sp³-hybridized carbons (Fsp3) is 0.556. The summed E-state index contributed by atoms with van der Waals surface area (Å²) in [6.07, 6.45) is 5.05. The molecule has 1 N–H and O–H groups in total. The Balaban J connectivity index is 1.46. The first-order valence-corrected chi connectivity index (χ1v) is 8.25. The molecule has 124 valence electrons. The molecule has 3 rings (SSSR count). The number of esters is 1. The van der Waals surface area contributed by atoms with Gasteiger partial charge in [-0.2, -0.15) is 0 Å². The number of hydrogen-bond acceptors (Lipinski definition) is 3. The molecule has 2 saturated carbocycles. The van der Waals surface area contributed by atoms with Gasteiger partial charge in [-0.3, -0.25) is 4.79 Å². The van der Waals surface area contributed by atoms with Crippen LogP contribution in [0.1, 0.15) is 43.0 Å². The van der Waals surface area contributed by atoms with Gasteiger partial charge in [-0.1, -0.05) is 18.6 Å². The lowest BCUT2D eigenvalue weighted by atomic mass is 9.84. The Kier molecular flexibility index (Phi) is 4.64. The molecule has 2 fully saturated rings. The van der Waals surface area contributed by atoms with Gasteiger partial charge in [-0.15, -0.1) is 0 Å². The van der Waals surface area contributed by atoms with Crippen LogP contribution in [0.2, 0.25) is 0 Å². The second-order valence-electron chi connectivity index (χ2n) is 6.75. The largest absolute Gasteiger partial charge is 0.452 e. The molecule has 2 aliphatic carbocycles. The van der Waals surface area contributed by atoms with E-state index < -0.39 is 11.8 Å². The van der Waals surface area contributed by atoms with Gasteiger partial charge in [0.05, 0.1) is 5.56 Å². The molecular formula is C18H22FNO3. The smallest absolute Gasteiger partial charge is 0.341 e. The minimum atomic E-state index is -0.814. The van der Waals surface area contributed by atoms with Crippen LogP contribution in [0, 0.1) is 23.6 Å². The molecule has 0 aliphatic heterocycles. The van der Waals surface area contributed by atoms with Crippen molar-refractivity contribution in [2.24, 2.45) is 17.8 Å². The topological polar surface area (TPSA) is 55.4 Å². The van der Waals surface area contributed by atoms with Crippen molar-refractivity contribution < 1.29 is 18.7 Å². The Bertz CT molecular complexity index is 604. The lowest BCUT2D eigenvalue weighted by molar-refractivity contribution is -0.125. The molecule has 5 heteroatoms. The molecule has 0 spiro atoms. The molecule has 1 amide bonds. The van der Waals surface area contributed by atoms with Crippen molar-refractivity contribution >= 4 is 11.9 Å². The van der Waals surface area contributed by atoms with Crippen molar-refractivity contribution in [1.82, 2.24) is 5.32 Å². The molecule has 0 heterocycles. The Morgan fingerprint density at radius 1 is 1.30 bits per heavy atom. The molecule has 23 heavy (non-hydrogen) atoms. The maximum Gasteiger partial charge on any atom is 0.341 e. The maximum atomic E-state index is 13.5. The Labute approximate surface area is 135 Å². The van der Waals surface area contributed by atoms with Crippen LogP contribution in [0.15, 0.2) is 24.3 Å². The van der Waals surface area contributed by atoms with E-state index in [1.165, 1.54) is 43.9 Å². The second-order valence-corrected chi connectivity index (χ2v) is 6.75. The van der Waals surface area contributed by atoms with Gasteiger partial charge in [0, 0.05) is 6.04 Å². The van der Waals surface area contributed by atoms with Crippen molar-refractivity contribution in [3.8, 4) is 0 Å². The van der Waals surface area contributed by atoms with Gasteiger partial charge in [0.1, 0.15) is 5.82 Å². The number of amides is 1. The van der Waals surface area contributed by atoms with Gasteiger partial charge in [-0.25, -0.2) is 9.18 Å². The van der Waals surface area contributed by atoms with Crippen molar-refractivity contribution in [1.29, 1.82) is 0 Å². The summed E-state index contributed by atoms with van der Waals surface area (Å²) >= 11 is 0. The van der Waals surface area contributed by atoms with E-state index in [0.717, 1.165) is 11.8 Å². The van der Waals surface area contributed by atoms with E-state index in [2.05, 4.69) is 5.32 Å². The van der Waals surface area contributed by atoms with Gasteiger partial charge >= 0.3 is 5.97 Å². The van der Waals surface area contributed by atoms with Gasteiger partial charge in [0.15, 0.2) is 6.61 Å². The van der Waals surface area contributed by atoms with Crippen LogP contribution in [0.3, 0.4) is 0 Å². The molecule has 2 aliphatic rings. The van der Waals surface area contributed by atoms with E-state index in [1.54, 1.807) is 6.07 Å². The predicted octanol–water partition coefficient (Wildman–Crippen LogP) is 2.92. The Morgan fingerprint density at radius 2 is 2.09 bits per heavy atom. The molecule has 4 atom stereocenters. The third-order valence-electron chi connectivity index (χ3n) is 5.25. The molecular weight excluding hydrogens is 297 g/mol. The van der Waals surface area contributed by atoms with E-state index in [0.29, 0.717) is 5.92 Å². The first kappa shape index (κ1) is 16.0. The predicted molar refractivity (Wildman–Crippen MR) is 83.2 cm³/mol. The first-order chi connectivity index (χ1) is 11.0. The van der Waals surface area contributed by atoms with Crippen molar-refractivity contribution in [2.75, 3.05) is 6.61 Å². The maximum absolute atomic E-state index is 13.5. The summed E-state index contributed by atoms with van der Waals surface area (Å²) in [5.41, 5.74) is -0.151. The molecule has 1 aromatic rings. The second kappa shape index (κ2) is 6.69. The Morgan fingerprint density at radius 3 is 2.74 bits per heavy atom. The highest BCUT2D eigenvalue weighted by Gasteiger charge is 2.42. The first-order valence-electron chi connectivity index (χ1n) is 8.25. The number of rotatable bonds is 5. The van der Waals surface area contributed by atoms with Gasteiger partial charge < -0.3 is 10.1 Å². The van der Waals surface area contributed by atoms with Crippen LogP contribution in [-0.4, -0.2) is 24.5 Å². The van der Waals surface area contributed by atoms with Crippen LogP contribution < -0.4 is 5.32 Å². The molecule has 4 nitrogen and oxygen atoms in total. The number of hydrogen-bond donors (Lipinski definition) is 1. The zero-order valence-corrected chi connectivity index (χ0v) is 13.3. The fourth-order valence-corrected chi connectivity index (χ4v) is 4.14. The number of benzene rings is 1. The summed E-state index contributed by atoms with van der Waals surface area (Å²) in [6.45, 7) is 1.64. The third kappa shape index (κ3) is 3.54. The average Bonchev–Trinajstić information content (AvgIpc) is 3.16. The van der Waals surface area contributed by atoms with Crippen LogP contribution in [0.4, 0.5) is 4.39 Å². The van der Waals surface area contributed by atoms with E-state index in [9.17, 15) is 14.0 Å². The van der Waals surface area contributed by atoms with Crippen molar-refractivity contribution in [2.45, 2.75) is 38.6 Å². The van der Waals surface area contributed by atoms with Crippen LogP contribution in [0.5, 0.6) is 0 Å². The van der Waals surface area contributed by atoms with Gasteiger partial charge in [0.2, 0.25) is 0 Å². The Hall–Kier alpha value is -1.91. The van der Waals surface area contributed by atoms with Crippen LogP contribution in [-0.2, 0) is 9.53 Å². The van der Waals surface area contributed by atoms with Crippen molar-refractivity contribution in [3.63, 3.8) is 0 Å². The molecule has 0 aromatic heterocycles. The number of ether oxygens (including phenoxy) is 1. The van der Waals surface area contributed by atoms with E-state index in [1.807, 2.05) is 6.92 Å². The normalized spacial score (nSPS) is 26.8. The van der Waals surface area contributed by atoms with E-state index in [-0.39, 0.29) is 24.1 Å². The zero-order valence-electron chi connectivity index (χ0n) is 13.3. The summed E-state index contributed by atoms with van der Waals surface area (Å²) in [5.74, 6) is 0.281. The summed E-state index contributed by atoms with van der Waals surface area (Å²) < 4.78 is 18.4. The highest BCUT2D eigenvalue weighted by atomic mass is 19.1. The van der Waals surface area contributed by atoms with Gasteiger partial charge in [-0.05, 0) is 56.1 Å². The number of halogens is 1. The summed E-state index contributed by atoms with van der Waals surface area (Å²) in [5, 5.41) is 2.92. The highest BCUT2D eigenvalue weighted by molar-refractivity contribution is 5.91. The molecule has 0 radical (unpaired) electrons. The number of carbonyl (C=O) groups excluding carboxylic acids is 2. The van der Waals surface area contributed by atoms with E-state index in [4.69, 9.17) is 4.74 Å². The lowest BCUT2D eigenvalue weighted by Gasteiger charge is -2.28. The summed E-state index contributed by atoms with van der Waals surface area (Å²) in [4.78, 5) is 23.7. The minimum Gasteiger partial charge on any atom is -0.452 e. The standard InChI is InChI=1S/C18H22FNO3/c1-11(15-9-12-6-7-13(15)8-12)20-17(21)10-23-18(22)14-4-2-3-5-16(14)19/h2-5,11-13,15H,6-10H2,1H3,(H,20,21)/t11-,12-,13-,15-/m0/s1. The molecule has 1 aromatic carbocycles. The van der Waals surface area contributed by atoms with E-state index >= 15 is 0 Å². The molecule has 0 saturated heterocycles. The summed E-state index contributed by atoms with van der Waals surface area (Å²) in [6, 6.07) is 5.67. The highest BCUT2D eigenvalue weighted by Crippen LogP contribution is 2.49. The van der Waals surface area contributed by atoms with Gasteiger partial charge in [0.25, 0.3) is 5.91 Å². The summed E-state index contributed by atoms with van der Waals surface area (Å²) in [7, 11) is 0. The zero-order chi connectivity index (χ0) is 16.4. The number of fused-ring (bicyclic) bond motifs is 2. The average molecular weight is 319 g/mol. The fourth-order valence-electron chi connectivity index (χ4n) is 4.14. The van der Waals surface area contributed by atoms with Crippen LogP contribution >= 0.6 is 0 Å². The van der Waals surface area contributed by atoms with Crippen molar-refractivity contribution in [3.05, 3.63) is 35.6 Å².